The van der Waals surface area contributed by atoms with Crippen molar-refractivity contribution < 1.29 is 14.0 Å². The summed E-state index contributed by atoms with van der Waals surface area (Å²) in [5.74, 6) is -0.596. The van der Waals surface area contributed by atoms with Gasteiger partial charge in [-0.25, -0.2) is 4.39 Å². The lowest BCUT2D eigenvalue weighted by Gasteiger charge is -2.36. The summed E-state index contributed by atoms with van der Waals surface area (Å²) in [6.45, 7) is 8.69. The van der Waals surface area contributed by atoms with Crippen molar-refractivity contribution in [2.45, 2.75) is 0 Å². The van der Waals surface area contributed by atoms with Gasteiger partial charge in [-0.3, -0.25) is 19.4 Å². The highest BCUT2D eigenvalue weighted by Gasteiger charge is 2.31. The van der Waals surface area contributed by atoms with Crippen molar-refractivity contribution in [2.24, 2.45) is 0 Å². The summed E-state index contributed by atoms with van der Waals surface area (Å²) in [5.41, 5.74) is 2.98. The molecule has 7 heteroatoms. The predicted molar refractivity (Wildman–Crippen MR) is 115 cm³/mol. The molecule has 1 saturated heterocycles. The summed E-state index contributed by atoms with van der Waals surface area (Å²) < 4.78 is 13.1. The maximum absolute atomic E-state index is 13.1. The lowest BCUT2D eigenvalue weighted by Crippen LogP contribution is -2.49. The minimum atomic E-state index is -0.226. The van der Waals surface area contributed by atoms with E-state index in [0.717, 1.165) is 44.0 Å². The fraction of sp³-hybridized carbons (Fsp3) is 0.304. The second-order valence-corrected chi connectivity index (χ2v) is 7.54. The van der Waals surface area contributed by atoms with Gasteiger partial charge in [-0.2, -0.15) is 0 Å². The van der Waals surface area contributed by atoms with Gasteiger partial charge in [0.1, 0.15) is 12.4 Å². The number of benzene rings is 2. The first-order chi connectivity index (χ1) is 14.5. The van der Waals surface area contributed by atoms with Crippen molar-refractivity contribution in [3.05, 3.63) is 72.1 Å². The van der Waals surface area contributed by atoms with Gasteiger partial charge < -0.3 is 10.2 Å². The van der Waals surface area contributed by atoms with Crippen LogP contribution in [-0.2, 0) is 4.79 Å². The molecular weight excluding hydrogens is 383 g/mol. The Labute approximate surface area is 175 Å². The van der Waals surface area contributed by atoms with E-state index in [-0.39, 0.29) is 24.2 Å². The van der Waals surface area contributed by atoms with Gasteiger partial charge >= 0.3 is 0 Å². The highest BCUT2D eigenvalue weighted by molar-refractivity contribution is 6.10. The normalized spacial score (nSPS) is 16.7. The van der Waals surface area contributed by atoms with Crippen LogP contribution in [0.15, 0.2) is 55.1 Å². The smallest absolute Gasteiger partial charge is 0.259 e. The van der Waals surface area contributed by atoms with E-state index in [1.54, 1.807) is 18.2 Å². The van der Waals surface area contributed by atoms with E-state index in [1.165, 1.54) is 17.0 Å². The van der Waals surface area contributed by atoms with Crippen LogP contribution in [0.3, 0.4) is 0 Å². The van der Waals surface area contributed by atoms with Crippen LogP contribution in [-0.4, -0.2) is 67.4 Å². The maximum Gasteiger partial charge on any atom is 0.259 e. The summed E-state index contributed by atoms with van der Waals surface area (Å²) in [6.07, 6.45) is 0. The number of halogens is 1. The first-order valence-corrected chi connectivity index (χ1v) is 10.1. The average molecular weight is 408 g/mol. The summed E-state index contributed by atoms with van der Waals surface area (Å²) in [4.78, 5) is 30.8. The molecule has 2 aromatic rings. The highest BCUT2D eigenvalue weighted by atomic mass is 19.1. The lowest BCUT2D eigenvalue weighted by molar-refractivity contribution is -0.121. The molecule has 1 N–H and O–H groups in total. The van der Waals surface area contributed by atoms with Crippen LogP contribution in [0.5, 0.6) is 0 Å². The number of amides is 2. The molecule has 2 heterocycles. The molecular formula is C23H25FN4O2. The number of nitrogens with one attached hydrogen (secondary N) is 1. The highest BCUT2D eigenvalue weighted by Crippen LogP contribution is 2.30. The molecule has 0 bridgehead atoms. The summed E-state index contributed by atoms with van der Waals surface area (Å²) in [7, 11) is 0. The van der Waals surface area contributed by atoms with E-state index in [1.807, 2.05) is 18.2 Å². The van der Waals surface area contributed by atoms with E-state index < -0.39 is 0 Å². The van der Waals surface area contributed by atoms with Crippen LogP contribution in [0.2, 0.25) is 0 Å². The molecule has 2 aliphatic heterocycles. The van der Waals surface area contributed by atoms with Gasteiger partial charge in [-0.1, -0.05) is 24.8 Å². The number of hydrogen-bond acceptors (Lipinski definition) is 4. The Balaban J connectivity index is 1.19. The lowest BCUT2D eigenvalue weighted by atomic mass is 10.1. The molecule has 6 nitrogen and oxygen atoms in total. The number of carbonyl (C=O) groups is 2. The Hall–Kier alpha value is -3.19. The number of rotatable bonds is 6. The van der Waals surface area contributed by atoms with Crippen molar-refractivity contribution in [3.63, 3.8) is 0 Å². The number of nitrogens with zero attached hydrogens (tertiary/aromatic N) is 3. The van der Waals surface area contributed by atoms with Crippen molar-refractivity contribution >= 4 is 23.2 Å². The molecule has 0 unspecified atom stereocenters. The molecule has 0 aliphatic carbocycles. The van der Waals surface area contributed by atoms with Crippen LogP contribution in [0.4, 0.5) is 10.1 Å². The van der Waals surface area contributed by atoms with Gasteiger partial charge in [0.25, 0.3) is 5.91 Å². The van der Waals surface area contributed by atoms with Crippen molar-refractivity contribution in [1.82, 2.24) is 15.1 Å². The maximum atomic E-state index is 13.1. The Morgan fingerprint density at radius 3 is 2.33 bits per heavy atom. The minimum Gasteiger partial charge on any atom is -0.369 e. The molecule has 0 atom stereocenters. The third-order valence-electron chi connectivity index (χ3n) is 5.66. The average Bonchev–Trinajstić information content (AvgIpc) is 3.00. The third-order valence-corrected chi connectivity index (χ3v) is 5.66. The van der Waals surface area contributed by atoms with Crippen molar-refractivity contribution in [1.29, 1.82) is 0 Å². The topological polar surface area (TPSA) is 55.9 Å². The van der Waals surface area contributed by atoms with Gasteiger partial charge in [0.2, 0.25) is 5.91 Å². The van der Waals surface area contributed by atoms with Crippen LogP contribution in [0, 0.1) is 5.82 Å². The molecule has 4 rings (SSSR count). The Kier molecular flexibility index (Phi) is 5.81. The van der Waals surface area contributed by atoms with Crippen LogP contribution >= 0.6 is 0 Å². The van der Waals surface area contributed by atoms with E-state index in [9.17, 15) is 14.0 Å². The zero-order valence-corrected chi connectivity index (χ0v) is 16.8. The summed E-state index contributed by atoms with van der Waals surface area (Å²) >= 11 is 0. The number of carbonyl (C=O) groups excluding carboxylic acids is 2. The van der Waals surface area contributed by atoms with Gasteiger partial charge in [-0.05, 0) is 30.3 Å². The predicted octanol–water partition coefficient (Wildman–Crippen LogP) is 2.19. The van der Waals surface area contributed by atoms with Crippen molar-refractivity contribution in [3.8, 4) is 0 Å². The largest absolute Gasteiger partial charge is 0.369 e. The van der Waals surface area contributed by atoms with Gasteiger partial charge in [0.05, 0.1) is 0 Å². The standard InChI is InChI=1S/C23H25FN4O2/c1-17-20-4-2-3-5-21(20)23(30)28(17)16-22(29)25-10-11-26-12-14-27(15-13-26)19-8-6-18(24)7-9-19/h2-9H,1,10-16H2,(H,25,29). The van der Waals surface area contributed by atoms with Crippen LogP contribution in [0.25, 0.3) is 5.70 Å². The number of piperazine rings is 1. The monoisotopic (exact) mass is 408 g/mol. The van der Waals surface area contributed by atoms with Crippen LogP contribution in [0.1, 0.15) is 15.9 Å². The summed E-state index contributed by atoms with van der Waals surface area (Å²) in [5, 5.41) is 2.90. The third kappa shape index (κ3) is 4.21. The minimum absolute atomic E-state index is 0.0231. The SMILES string of the molecule is C=C1c2ccccc2C(=O)N1CC(=O)NCCN1CCN(c2ccc(F)cc2)CC1. The molecule has 2 aliphatic rings. The van der Waals surface area contributed by atoms with E-state index in [2.05, 4.69) is 21.7 Å². The fourth-order valence-corrected chi connectivity index (χ4v) is 3.94. The molecule has 156 valence electrons. The molecule has 0 spiro atoms. The van der Waals surface area contributed by atoms with E-state index in [0.29, 0.717) is 17.8 Å². The Morgan fingerprint density at radius 2 is 1.67 bits per heavy atom. The fourth-order valence-electron chi connectivity index (χ4n) is 3.94. The van der Waals surface area contributed by atoms with Crippen molar-refractivity contribution in [2.75, 3.05) is 50.7 Å². The Morgan fingerprint density at radius 1 is 1.00 bits per heavy atom. The number of anilines is 1. The van der Waals surface area contributed by atoms with Crippen LogP contribution < -0.4 is 10.2 Å². The molecule has 0 saturated carbocycles. The van der Waals surface area contributed by atoms with Gasteiger partial charge in [-0.15, -0.1) is 0 Å². The first-order valence-electron chi connectivity index (χ1n) is 10.1. The molecule has 2 aromatic carbocycles. The Bertz CT molecular complexity index is 917. The zero-order valence-electron chi connectivity index (χ0n) is 16.8. The van der Waals surface area contributed by atoms with E-state index >= 15 is 0 Å². The van der Waals surface area contributed by atoms with Gasteiger partial charge in [0, 0.05) is 61.8 Å². The molecule has 0 radical (unpaired) electrons. The van der Waals surface area contributed by atoms with Gasteiger partial charge in [0.15, 0.2) is 0 Å². The second kappa shape index (κ2) is 8.67. The first kappa shape index (κ1) is 20.1. The molecule has 0 aromatic heterocycles. The second-order valence-electron chi connectivity index (χ2n) is 7.54. The molecule has 1 fully saturated rings. The quantitative estimate of drug-likeness (QED) is 0.796. The summed E-state index contributed by atoms with van der Waals surface area (Å²) in [6, 6.07) is 13.8. The number of hydrogen-bond donors (Lipinski definition) is 1. The number of fused-ring (bicyclic) bond motifs is 1. The molecule has 30 heavy (non-hydrogen) atoms. The van der Waals surface area contributed by atoms with E-state index in [4.69, 9.17) is 0 Å². The zero-order chi connectivity index (χ0) is 21.1. The molecule has 2 amide bonds.